The summed E-state index contributed by atoms with van der Waals surface area (Å²) in [6.45, 7) is 2.58. The van der Waals surface area contributed by atoms with E-state index in [0.717, 1.165) is 29.8 Å². The standard InChI is InChI=1S/C10H13N3O/c1-2-14-13-10-5-3-4-9-8(10)6-11-7-12-9/h5-7,13H,2-4H2,1H3. The Morgan fingerprint density at radius 3 is 3.36 bits per heavy atom. The van der Waals surface area contributed by atoms with Crippen molar-refractivity contribution in [3.63, 3.8) is 0 Å². The summed E-state index contributed by atoms with van der Waals surface area (Å²) in [6.07, 6.45) is 7.50. The number of aryl methyl sites for hydroxylation is 1. The summed E-state index contributed by atoms with van der Waals surface area (Å²) < 4.78 is 0. The minimum absolute atomic E-state index is 0.639. The van der Waals surface area contributed by atoms with Crippen molar-refractivity contribution in [2.24, 2.45) is 0 Å². The number of hydrogen-bond acceptors (Lipinski definition) is 4. The molecule has 0 fully saturated rings. The molecule has 0 atom stereocenters. The lowest BCUT2D eigenvalue weighted by molar-refractivity contribution is 0.0895. The zero-order valence-electron chi connectivity index (χ0n) is 8.16. The Balaban J connectivity index is 2.22. The Morgan fingerprint density at radius 1 is 1.57 bits per heavy atom. The van der Waals surface area contributed by atoms with Crippen molar-refractivity contribution in [1.29, 1.82) is 0 Å². The normalized spacial score (nSPS) is 14.5. The molecule has 74 valence electrons. The Morgan fingerprint density at radius 2 is 2.50 bits per heavy atom. The van der Waals surface area contributed by atoms with Gasteiger partial charge in [0.25, 0.3) is 0 Å². The van der Waals surface area contributed by atoms with E-state index in [4.69, 9.17) is 4.84 Å². The summed E-state index contributed by atoms with van der Waals surface area (Å²) in [6, 6.07) is 0. The minimum Gasteiger partial charge on any atom is -0.276 e. The number of hydrogen-bond donors (Lipinski definition) is 1. The number of hydroxylamine groups is 1. The summed E-state index contributed by atoms with van der Waals surface area (Å²) in [7, 11) is 0. The first-order valence-corrected chi connectivity index (χ1v) is 4.79. The molecule has 0 amide bonds. The molecule has 0 saturated carbocycles. The SMILES string of the molecule is CCONC1=CCCc2ncncc21. The van der Waals surface area contributed by atoms with Gasteiger partial charge in [-0.15, -0.1) is 0 Å². The molecule has 0 saturated heterocycles. The van der Waals surface area contributed by atoms with Crippen LogP contribution in [0, 0.1) is 0 Å². The fourth-order valence-electron chi connectivity index (χ4n) is 1.49. The molecular formula is C10H13N3O. The highest BCUT2D eigenvalue weighted by Crippen LogP contribution is 2.21. The number of allylic oxidation sites excluding steroid dienone is 1. The second kappa shape index (κ2) is 4.19. The fourth-order valence-corrected chi connectivity index (χ4v) is 1.49. The molecule has 0 spiro atoms. The Kier molecular flexibility index (Phi) is 2.74. The van der Waals surface area contributed by atoms with Gasteiger partial charge >= 0.3 is 0 Å². The molecule has 0 unspecified atom stereocenters. The van der Waals surface area contributed by atoms with Crippen molar-refractivity contribution in [3.05, 3.63) is 29.9 Å². The van der Waals surface area contributed by atoms with E-state index in [0.29, 0.717) is 6.61 Å². The van der Waals surface area contributed by atoms with Crippen LogP contribution in [0.25, 0.3) is 5.70 Å². The lowest BCUT2D eigenvalue weighted by Crippen LogP contribution is -2.17. The zero-order chi connectivity index (χ0) is 9.80. The third-order valence-corrected chi connectivity index (χ3v) is 2.14. The smallest absolute Gasteiger partial charge is 0.115 e. The maximum Gasteiger partial charge on any atom is 0.115 e. The molecule has 1 aromatic heterocycles. The number of nitrogens with zero attached hydrogens (tertiary/aromatic N) is 2. The van der Waals surface area contributed by atoms with E-state index in [-0.39, 0.29) is 0 Å². The van der Waals surface area contributed by atoms with Crippen molar-refractivity contribution in [3.8, 4) is 0 Å². The summed E-state index contributed by atoms with van der Waals surface area (Å²) in [5.41, 5.74) is 6.02. The van der Waals surface area contributed by atoms with Crippen molar-refractivity contribution in [2.75, 3.05) is 6.61 Å². The van der Waals surface area contributed by atoms with Gasteiger partial charge in [0.15, 0.2) is 0 Å². The predicted octanol–water partition coefficient (Wildman–Crippen LogP) is 1.30. The van der Waals surface area contributed by atoms with E-state index in [2.05, 4.69) is 21.5 Å². The van der Waals surface area contributed by atoms with E-state index < -0.39 is 0 Å². The topological polar surface area (TPSA) is 47.0 Å². The van der Waals surface area contributed by atoms with E-state index >= 15 is 0 Å². The van der Waals surface area contributed by atoms with Gasteiger partial charge in [-0.05, 0) is 19.8 Å². The number of fused-ring (bicyclic) bond motifs is 1. The van der Waals surface area contributed by atoms with Gasteiger partial charge in [-0.25, -0.2) is 9.97 Å². The van der Waals surface area contributed by atoms with Crippen LogP contribution in [-0.2, 0) is 11.3 Å². The first kappa shape index (κ1) is 9.15. The summed E-state index contributed by atoms with van der Waals surface area (Å²) in [4.78, 5) is 13.4. The van der Waals surface area contributed by atoms with E-state index in [1.165, 1.54) is 0 Å². The molecule has 0 aliphatic heterocycles. The molecule has 0 bridgehead atoms. The molecule has 1 heterocycles. The first-order valence-electron chi connectivity index (χ1n) is 4.79. The second-order valence-electron chi connectivity index (χ2n) is 3.07. The third kappa shape index (κ3) is 1.75. The molecule has 4 heteroatoms. The molecule has 14 heavy (non-hydrogen) atoms. The van der Waals surface area contributed by atoms with Gasteiger partial charge < -0.3 is 0 Å². The van der Waals surface area contributed by atoms with Gasteiger partial charge in [0.1, 0.15) is 6.33 Å². The number of rotatable bonds is 3. The summed E-state index contributed by atoms with van der Waals surface area (Å²) in [5.74, 6) is 0. The molecule has 1 N–H and O–H groups in total. The Labute approximate surface area is 83.0 Å². The van der Waals surface area contributed by atoms with Gasteiger partial charge in [-0.3, -0.25) is 10.3 Å². The van der Waals surface area contributed by atoms with Crippen molar-refractivity contribution in [1.82, 2.24) is 15.4 Å². The van der Waals surface area contributed by atoms with Crippen molar-refractivity contribution >= 4 is 5.70 Å². The van der Waals surface area contributed by atoms with Gasteiger partial charge in [0, 0.05) is 11.8 Å². The Bertz CT molecular complexity index is 349. The second-order valence-corrected chi connectivity index (χ2v) is 3.07. The minimum atomic E-state index is 0.639. The van der Waals surface area contributed by atoms with E-state index in [1.807, 2.05) is 13.1 Å². The van der Waals surface area contributed by atoms with Crippen molar-refractivity contribution in [2.45, 2.75) is 19.8 Å². The van der Waals surface area contributed by atoms with E-state index in [1.54, 1.807) is 6.33 Å². The molecule has 0 aromatic carbocycles. The highest BCUT2D eigenvalue weighted by Gasteiger charge is 2.13. The molecule has 2 rings (SSSR count). The molecular weight excluding hydrogens is 178 g/mol. The van der Waals surface area contributed by atoms with Gasteiger partial charge in [-0.1, -0.05) is 6.08 Å². The monoisotopic (exact) mass is 191 g/mol. The van der Waals surface area contributed by atoms with Crippen molar-refractivity contribution < 1.29 is 4.84 Å². The number of aromatic nitrogens is 2. The van der Waals surface area contributed by atoms with Crippen LogP contribution in [0.3, 0.4) is 0 Å². The molecule has 1 aromatic rings. The van der Waals surface area contributed by atoms with Crippen LogP contribution in [-0.4, -0.2) is 16.6 Å². The van der Waals surface area contributed by atoms with Crippen LogP contribution in [0.1, 0.15) is 24.6 Å². The average molecular weight is 191 g/mol. The summed E-state index contributed by atoms with van der Waals surface area (Å²) in [5, 5.41) is 0. The molecule has 1 aliphatic rings. The summed E-state index contributed by atoms with van der Waals surface area (Å²) >= 11 is 0. The first-order chi connectivity index (χ1) is 6.92. The van der Waals surface area contributed by atoms with Gasteiger partial charge in [0.2, 0.25) is 0 Å². The van der Waals surface area contributed by atoms with Crippen LogP contribution in [0.2, 0.25) is 0 Å². The van der Waals surface area contributed by atoms with Crippen LogP contribution in [0.5, 0.6) is 0 Å². The number of nitrogens with one attached hydrogen (secondary N) is 1. The average Bonchev–Trinajstić information content (AvgIpc) is 2.26. The van der Waals surface area contributed by atoms with Crippen LogP contribution < -0.4 is 5.48 Å². The van der Waals surface area contributed by atoms with Gasteiger partial charge in [0.05, 0.1) is 18.0 Å². The molecule has 0 radical (unpaired) electrons. The highest BCUT2D eigenvalue weighted by molar-refractivity contribution is 5.65. The maximum absolute atomic E-state index is 5.16. The third-order valence-electron chi connectivity index (χ3n) is 2.14. The Hall–Kier alpha value is -1.42. The highest BCUT2D eigenvalue weighted by atomic mass is 16.6. The lowest BCUT2D eigenvalue weighted by atomic mass is 10.0. The van der Waals surface area contributed by atoms with Crippen LogP contribution in [0.4, 0.5) is 0 Å². The zero-order valence-corrected chi connectivity index (χ0v) is 8.16. The van der Waals surface area contributed by atoms with Crippen LogP contribution in [0.15, 0.2) is 18.6 Å². The fraction of sp³-hybridized carbons (Fsp3) is 0.400. The predicted molar refractivity (Wildman–Crippen MR) is 53.1 cm³/mol. The van der Waals surface area contributed by atoms with Gasteiger partial charge in [-0.2, -0.15) is 0 Å². The molecule has 1 aliphatic carbocycles. The lowest BCUT2D eigenvalue weighted by Gasteiger charge is -2.16. The maximum atomic E-state index is 5.16. The largest absolute Gasteiger partial charge is 0.276 e. The quantitative estimate of drug-likeness (QED) is 0.732. The van der Waals surface area contributed by atoms with Crippen LogP contribution >= 0.6 is 0 Å². The van der Waals surface area contributed by atoms with E-state index in [9.17, 15) is 0 Å². The molecule has 4 nitrogen and oxygen atoms in total.